The van der Waals surface area contributed by atoms with Crippen LogP contribution in [0.15, 0.2) is 85.1 Å². The molecule has 0 unspecified atom stereocenters. The molecular formula is C24H22N4O2. The fraction of sp³-hybridized carbons (Fsp3) is 0.0833. The molecule has 0 spiro atoms. The van der Waals surface area contributed by atoms with E-state index in [4.69, 9.17) is 9.47 Å². The van der Waals surface area contributed by atoms with Crippen LogP contribution < -0.4 is 20.1 Å². The molecule has 2 N–H and O–H groups in total. The van der Waals surface area contributed by atoms with Gasteiger partial charge in [-0.2, -0.15) is 4.98 Å². The molecule has 0 fully saturated rings. The summed E-state index contributed by atoms with van der Waals surface area (Å²) >= 11 is 0. The Morgan fingerprint density at radius 2 is 1.57 bits per heavy atom. The van der Waals surface area contributed by atoms with Crippen LogP contribution >= 0.6 is 0 Å². The van der Waals surface area contributed by atoms with Gasteiger partial charge >= 0.3 is 0 Å². The van der Waals surface area contributed by atoms with Crippen LogP contribution in [0.5, 0.6) is 17.2 Å². The zero-order valence-corrected chi connectivity index (χ0v) is 16.8. The fourth-order valence-electron chi connectivity index (χ4n) is 2.94. The Labute approximate surface area is 175 Å². The van der Waals surface area contributed by atoms with E-state index in [2.05, 4.69) is 20.6 Å². The quantitative estimate of drug-likeness (QED) is 0.394. The van der Waals surface area contributed by atoms with Gasteiger partial charge in [0.05, 0.1) is 18.5 Å². The number of aromatic nitrogens is 2. The number of hydrogen-bond acceptors (Lipinski definition) is 6. The Morgan fingerprint density at radius 3 is 2.40 bits per heavy atom. The fourth-order valence-corrected chi connectivity index (χ4v) is 2.94. The van der Waals surface area contributed by atoms with E-state index in [9.17, 15) is 0 Å². The molecule has 30 heavy (non-hydrogen) atoms. The van der Waals surface area contributed by atoms with Crippen LogP contribution in [-0.4, -0.2) is 17.1 Å². The number of nitrogens with zero attached hydrogens (tertiary/aromatic N) is 2. The minimum atomic E-state index is 0.454. The molecule has 0 saturated carbocycles. The van der Waals surface area contributed by atoms with Crippen molar-refractivity contribution in [1.29, 1.82) is 0 Å². The van der Waals surface area contributed by atoms with Crippen molar-refractivity contribution in [2.45, 2.75) is 6.92 Å². The number of para-hydroxylation sites is 3. The summed E-state index contributed by atoms with van der Waals surface area (Å²) in [5, 5.41) is 6.54. The van der Waals surface area contributed by atoms with E-state index in [0.717, 1.165) is 28.4 Å². The first-order valence-electron chi connectivity index (χ1n) is 9.55. The van der Waals surface area contributed by atoms with Crippen molar-refractivity contribution >= 4 is 23.1 Å². The number of methoxy groups -OCH3 is 1. The van der Waals surface area contributed by atoms with Crippen LogP contribution in [0.25, 0.3) is 0 Å². The molecule has 0 amide bonds. The normalized spacial score (nSPS) is 10.3. The van der Waals surface area contributed by atoms with Crippen molar-refractivity contribution in [1.82, 2.24) is 9.97 Å². The minimum Gasteiger partial charge on any atom is -0.495 e. The van der Waals surface area contributed by atoms with Crippen LogP contribution in [-0.2, 0) is 0 Å². The summed E-state index contributed by atoms with van der Waals surface area (Å²) in [6.45, 7) is 2.03. The SMILES string of the molecule is COc1ccc(C)cc1Nc1ccnc(Nc2ccccc2Oc2ccccc2)n1. The Balaban J connectivity index is 1.55. The summed E-state index contributed by atoms with van der Waals surface area (Å²) in [5.41, 5.74) is 2.74. The van der Waals surface area contributed by atoms with Gasteiger partial charge in [-0.05, 0) is 55.0 Å². The third kappa shape index (κ3) is 4.67. The average molecular weight is 398 g/mol. The van der Waals surface area contributed by atoms with Crippen LogP contribution in [0.3, 0.4) is 0 Å². The highest BCUT2D eigenvalue weighted by Gasteiger charge is 2.09. The highest BCUT2D eigenvalue weighted by atomic mass is 16.5. The molecule has 0 saturated heterocycles. The molecule has 0 radical (unpaired) electrons. The lowest BCUT2D eigenvalue weighted by atomic mass is 10.2. The molecule has 1 heterocycles. The van der Waals surface area contributed by atoms with Gasteiger partial charge in [-0.15, -0.1) is 0 Å². The molecule has 4 aromatic rings. The largest absolute Gasteiger partial charge is 0.495 e. The predicted octanol–water partition coefficient (Wildman–Crippen LogP) is 6.07. The maximum atomic E-state index is 6.00. The molecule has 4 rings (SSSR count). The third-order valence-corrected chi connectivity index (χ3v) is 4.38. The van der Waals surface area contributed by atoms with Gasteiger partial charge < -0.3 is 20.1 Å². The molecule has 0 aliphatic heterocycles. The standard InChI is InChI=1S/C24H22N4O2/c1-17-12-13-21(29-2)20(16-17)26-23-14-15-25-24(28-23)27-19-10-6-7-11-22(19)30-18-8-4-3-5-9-18/h3-16H,1-2H3,(H2,25,26,27,28). The molecule has 0 bridgehead atoms. The van der Waals surface area contributed by atoms with Crippen LogP contribution in [0.4, 0.5) is 23.1 Å². The summed E-state index contributed by atoms with van der Waals surface area (Å²) in [5.74, 6) is 3.30. The molecule has 0 aliphatic carbocycles. The van der Waals surface area contributed by atoms with E-state index in [-0.39, 0.29) is 0 Å². The lowest BCUT2D eigenvalue weighted by Gasteiger charge is -2.14. The number of benzene rings is 3. The van der Waals surface area contributed by atoms with Crippen LogP contribution in [0, 0.1) is 6.92 Å². The molecule has 1 aromatic heterocycles. The molecule has 3 aromatic carbocycles. The van der Waals surface area contributed by atoms with Gasteiger partial charge in [0.15, 0.2) is 5.75 Å². The Morgan fingerprint density at radius 1 is 0.767 bits per heavy atom. The van der Waals surface area contributed by atoms with E-state index < -0.39 is 0 Å². The molecule has 0 aliphatic rings. The van der Waals surface area contributed by atoms with Crippen molar-refractivity contribution in [3.05, 3.63) is 90.6 Å². The van der Waals surface area contributed by atoms with Crippen molar-refractivity contribution in [3.8, 4) is 17.2 Å². The molecule has 6 heteroatoms. The molecule has 150 valence electrons. The van der Waals surface area contributed by atoms with E-state index in [1.54, 1.807) is 19.4 Å². The Bertz CT molecular complexity index is 1130. The minimum absolute atomic E-state index is 0.454. The van der Waals surface area contributed by atoms with Gasteiger partial charge in [0.1, 0.15) is 17.3 Å². The summed E-state index contributed by atoms with van der Waals surface area (Å²) in [6.07, 6.45) is 1.70. The highest BCUT2D eigenvalue weighted by molar-refractivity contribution is 5.67. The van der Waals surface area contributed by atoms with E-state index in [1.165, 1.54) is 0 Å². The predicted molar refractivity (Wildman–Crippen MR) is 119 cm³/mol. The zero-order chi connectivity index (χ0) is 20.8. The van der Waals surface area contributed by atoms with Gasteiger partial charge in [0.2, 0.25) is 5.95 Å². The van der Waals surface area contributed by atoms with E-state index >= 15 is 0 Å². The molecular weight excluding hydrogens is 376 g/mol. The number of aryl methyl sites for hydroxylation is 1. The number of ether oxygens (including phenoxy) is 2. The monoisotopic (exact) mass is 398 g/mol. The van der Waals surface area contributed by atoms with Crippen LogP contribution in [0.2, 0.25) is 0 Å². The first kappa shape index (κ1) is 19.3. The first-order valence-corrected chi connectivity index (χ1v) is 9.55. The Hall–Kier alpha value is -4.06. The summed E-state index contributed by atoms with van der Waals surface area (Å²) in [6, 6.07) is 25.1. The van der Waals surface area contributed by atoms with Gasteiger partial charge in [-0.25, -0.2) is 4.98 Å². The van der Waals surface area contributed by atoms with E-state index in [0.29, 0.717) is 17.5 Å². The first-order chi connectivity index (χ1) is 14.7. The van der Waals surface area contributed by atoms with E-state index in [1.807, 2.05) is 79.7 Å². The smallest absolute Gasteiger partial charge is 0.229 e. The van der Waals surface area contributed by atoms with Gasteiger partial charge in [0.25, 0.3) is 0 Å². The molecule has 6 nitrogen and oxygen atoms in total. The van der Waals surface area contributed by atoms with Gasteiger partial charge in [-0.3, -0.25) is 0 Å². The molecule has 0 atom stereocenters. The maximum Gasteiger partial charge on any atom is 0.229 e. The number of rotatable bonds is 7. The van der Waals surface area contributed by atoms with Gasteiger partial charge in [0, 0.05) is 6.20 Å². The maximum absolute atomic E-state index is 6.00. The topological polar surface area (TPSA) is 68.3 Å². The third-order valence-electron chi connectivity index (χ3n) is 4.38. The number of hydrogen-bond donors (Lipinski definition) is 2. The van der Waals surface area contributed by atoms with Crippen molar-refractivity contribution < 1.29 is 9.47 Å². The van der Waals surface area contributed by atoms with Crippen molar-refractivity contribution in [2.24, 2.45) is 0 Å². The Kier molecular flexibility index (Phi) is 5.75. The number of nitrogens with one attached hydrogen (secondary N) is 2. The highest BCUT2D eigenvalue weighted by Crippen LogP contribution is 2.31. The van der Waals surface area contributed by atoms with Gasteiger partial charge in [-0.1, -0.05) is 36.4 Å². The summed E-state index contributed by atoms with van der Waals surface area (Å²) in [4.78, 5) is 8.91. The second kappa shape index (κ2) is 8.96. The van der Waals surface area contributed by atoms with Crippen molar-refractivity contribution in [2.75, 3.05) is 17.7 Å². The van der Waals surface area contributed by atoms with Crippen molar-refractivity contribution in [3.63, 3.8) is 0 Å². The lowest BCUT2D eigenvalue weighted by Crippen LogP contribution is -2.02. The van der Waals surface area contributed by atoms with Crippen LogP contribution in [0.1, 0.15) is 5.56 Å². The summed E-state index contributed by atoms with van der Waals surface area (Å²) in [7, 11) is 1.65. The number of anilines is 4. The summed E-state index contributed by atoms with van der Waals surface area (Å²) < 4.78 is 11.4. The second-order valence-electron chi connectivity index (χ2n) is 6.63. The zero-order valence-electron chi connectivity index (χ0n) is 16.8. The lowest BCUT2D eigenvalue weighted by molar-refractivity contribution is 0.416. The second-order valence-corrected chi connectivity index (χ2v) is 6.63. The average Bonchev–Trinajstić information content (AvgIpc) is 2.76.